The molecule has 2 N–H and O–H groups in total. The van der Waals surface area contributed by atoms with E-state index in [2.05, 4.69) is 45.0 Å². The van der Waals surface area contributed by atoms with E-state index in [9.17, 15) is 0 Å². The Balaban J connectivity index is 1.54. The average molecular weight is 374 g/mol. The average Bonchev–Trinajstić information content (AvgIpc) is 3.22. The van der Waals surface area contributed by atoms with E-state index in [-0.39, 0.29) is 0 Å². The predicted molar refractivity (Wildman–Crippen MR) is 108 cm³/mol. The lowest BCUT2D eigenvalue weighted by molar-refractivity contribution is 0.397. The molecule has 1 saturated heterocycles. The normalized spacial score (nSPS) is 15.8. The molecule has 3 heterocycles. The number of rotatable bonds is 6. The van der Waals surface area contributed by atoms with Gasteiger partial charge in [0.1, 0.15) is 0 Å². The summed E-state index contributed by atoms with van der Waals surface area (Å²) < 4.78 is 5.18. The van der Waals surface area contributed by atoms with E-state index < -0.39 is 0 Å². The van der Waals surface area contributed by atoms with Crippen LogP contribution in [-0.4, -0.2) is 43.7 Å². The number of pyridine rings is 1. The van der Waals surface area contributed by atoms with E-state index in [1.165, 1.54) is 5.00 Å². The van der Waals surface area contributed by atoms with Crippen molar-refractivity contribution in [3.05, 3.63) is 41.4 Å². The van der Waals surface area contributed by atoms with E-state index in [1.54, 1.807) is 13.3 Å². The Morgan fingerprint density at radius 3 is 2.92 bits per heavy atom. The van der Waals surface area contributed by atoms with Crippen molar-refractivity contribution < 1.29 is 4.74 Å². The Morgan fingerprint density at radius 1 is 1.38 bits per heavy atom. The predicted octanol–water partition coefficient (Wildman–Crippen LogP) is 2.88. The lowest BCUT2D eigenvalue weighted by Crippen LogP contribution is -2.48. The number of hydrogen-bond donors (Lipinski definition) is 2. The third-order valence-electron chi connectivity index (χ3n) is 4.43. The summed E-state index contributed by atoms with van der Waals surface area (Å²) in [6.07, 6.45) is 3.99. The molecule has 0 spiro atoms. The van der Waals surface area contributed by atoms with Crippen LogP contribution in [0.1, 0.15) is 25.3 Å². The maximum absolute atomic E-state index is 5.18. The summed E-state index contributed by atoms with van der Waals surface area (Å²) in [5, 5.41) is 10.5. The summed E-state index contributed by atoms with van der Waals surface area (Å²) in [5.74, 6) is 1.49. The van der Waals surface area contributed by atoms with Gasteiger partial charge in [-0.3, -0.25) is 0 Å². The summed E-state index contributed by atoms with van der Waals surface area (Å²) in [5.41, 5.74) is 1.08. The Labute approximate surface area is 159 Å². The number of piperidine rings is 1. The molecule has 26 heavy (non-hydrogen) atoms. The molecule has 0 bridgehead atoms. The van der Waals surface area contributed by atoms with Crippen LogP contribution in [0.25, 0.3) is 0 Å². The molecule has 0 aliphatic carbocycles. The van der Waals surface area contributed by atoms with Crippen LogP contribution < -0.4 is 20.3 Å². The molecule has 6 nitrogen and oxygen atoms in total. The highest BCUT2D eigenvalue weighted by Gasteiger charge is 2.20. The zero-order valence-electron chi connectivity index (χ0n) is 15.4. The molecule has 1 aliphatic rings. The van der Waals surface area contributed by atoms with Crippen LogP contribution in [0, 0.1) is 0 Å². The molecule has 140 valence electrons. The van der Waals surface area contributed by atoms with Gasteiger partial charge in [-0.05, 0) is 48.9 Å². The summed E-state index contributed by atoms with van der Waals surface area (Å²) in [4.78, 5) is 11.3. The van der Waals surface area contributed by atoms with E-state index in [4.69, 9.17) is 9.73 Å². The Bertz CT molecular complexity index is 696. The third-order valence-corrected chi connectivity index (χ3v) is 5.35. The molecule has 0 aromatic carbocycles. The summed E-state index contributed by atoms with van der Waals surface area (Å²) in [7, 11) is 1.63. The quantitative estimate of drug-likeness (QED) is 0.602. The van der Waals surface area contributed by atoms with Gasteiger partial charge in [0.25, 0.3) is 0 Å². The van der Waals surface area contributed by atoms with Crippen molar-refractivity contribution in [2.75, 3.05) is 31.6 Å². The Kier molecular flexibility index (Phi) is 6.71. The fourth-order valence-corrected chi connectivity index (χ4v) is 3.82. The summed E-state index contributed by atoms with van der Waals surface area (Å²) in [6, 6.07) is 8.67. The number of methoxy groups -OCH3 is 1. The van der Waals surface area contributed by atoms with E-state index >= 15 is 0 Å². The first-order chi connectivity index (χ1) is 12.8. The molecule has 2 aromatic rings. The van der Waals surface area contributed by atoms with Crippen molar-refractivity contribution in [3.63, 3.8) is 0 Å². The molecular weight excluding hydrogens is 346 g/mol. The fraction of sp³-hybridized carbons (Fsp3) is 0.474. The van der Waals surface area contributed by atoms with Crippen LogP contribution in [0.3, 0.4) is 0 Å². The van der Waals surface area contributed by atoms with Gasteiger partial charge in [-0.1, -0.05) is 0 Å². The molecule has 0 atom stereocenters. The van der Waals surface area contributed by atoms with Crippen molar-refractivity contribution in [3.8, 4) is 5.88 Å². The first-order valence-corrected chi connectivity index (χ1v) is 9.98. The molecule has 3 rings (SSSR count). The standard InChI is InChI=1S/C19H27N5OS/c1-3-20-19(22-14-15-6-9-21-17(13-15)25-2)23-16-7-10-24(11-8-16)18-5-4-12-26-18/h4-6,9,12-13,16H,3,7-8,10-11,14H2,1-2H3,(H2,20,22,23). The van der Waals surface area contributed by atoms with Gasteiger partial charge in [0.05, 0.1) is 18.7 Å². The maximum atomic E-state index is 5.18. The highest BCUT2D eigenvalue weighted by molar-refractivity contribution is 7.14. The second-order valence-electron chi connectivity index (χ2n) is 6.26. The van der Waals surface area contributed by atoms with Gasteiger partial charge >= 0.3 is 0 Å². The number of aliphatic imine (C=N–C) groups is 1. The van der Waals surface area contributed by atoms with Crippen molar-refractivity contribution in [2.45, 2.75) is 32.4 Å². The van der Waals surface area contributed by atoms with Crippen LogP contribution in [0.4, 0.5) is 5.00 Å². The zero-order chi connectivity index (χ0) is 18.2. The zero-order valence-corrected chi connectivity index (χ0v) is 16.3. The molecule has 2 aromatic heterocycles. The number of aromatic nitrogens is 1. The van der Waals surface area contributed by atoms with E-state index in [0.29, 0.717) is 18.5 Å². The van der Waals surface area contributed by atoms with Crippen LogP contribution in [-0.2, 0) is 6.54 Å². The lowest BCUT2D eigenvalue weighted by atomic mass is 10.1. The van der Waals surface area contributed by atoms with Crippen LogP contribution >= 0.6 is 11.3 Å². The number of nitrogens with one attached hydrogen (secondary N) is 2. The minimum Gasteiger partial charge on any atom is -0.481 e. The monoisotopic (exact) mass is 373 g/mol. The molecule has 0 amide bonds. The molecule has 1 fully saturated rings. The Morgan fingerprint density at radius 2 is 2.23 bits per heavy atom. The summed E-state index contributed by atoms with van der Waals surface area (Å²) >= 11 is 1.82. The van der Waals surface area contributed by atoms with Gasteiger partial charge in [-0.2, -0.15) is 0 Å². The minimum absolute atomic E-state index is 0.455. The van der Waals surface area contributed by atoms with Crippen molar-refractivity contribution in [2.24, 2.45) is 4.99 Å². The first kappa shape index (κ1) is 18.5. The van der Waals surface area contributed by atoms with Crippen LogP contribution in [0.2, 0.25) is 0 Å². The van der Waals surface area contributed by atoms with Crippen molar-refractivity contribution in [1.29, 1.82) is 0 Å². The second-order valence-corrected chi connectivity index (χ2v) is 7.18. The molecule has 0 saturated carbocycles. The molecule has 1 aliphatic heterocycles. The van der Waals surface area contributed by atoms with Crippen LogP contribution in [0.15, 0.2) is 40.8 Å². The topological polar surface area (TPSA) is 61.8 Å². The summed E-state index contributed by atoms with van der Waals surface area (Å²) in [6.45, 7) is 5.70. The lowest BCUT2D eigenvalue weighted by Gasteiger charge is -2.33. The van der Waals surface area contributed by atoms with Gasteiger partial charge in [0.15, 0.2) is 5.96 Å². The SMILES string of the molecule is CCNC(=NCc1ccnc(OC)c1)NC1CCN(c2cccs2)CC1. The van der Waals surface area contributed by atoms with Crippen LogP contribution in [0.5, 0.6) is 5.88 Å². The Hall–Kier alpha value is -2.28. The number of guanidine groups is 1. The van der Waals surface area contributed by atoms with Gasteiger partial charge in [0.2, 0.25) is 5.88 Å². The third kappa shape index (κ3) is 5.11. The second kappa shape index (κ2) is 9.43. The number of anilines is 1. The molecule has 0 unspecified atom stereocenters. The molecular formula is C19H27N5OS. The van der Waals surface area contributed by atoms with Gasteiger partial charge in [0, 0.05) is 37.9 Å². The largest absolute Gasteiger partial charge is 0.481 e. The van der Waals surface area contributed by atoms with Gasteiger partial charge < -0.3 is 20.3 Å². The fourth-order valence-electron chi connectivity index (χ4n) is 3.04. The number of ether oxygens (including phenoxy) is 1. The number of hydrogen-bond acceptors (Lipinski definition) is 5. The van der Waals surface area contributed by atoms with Gasteiger partial charge in [-0.15, -0.1) is 11.3 Å². The highest BCUT2D eigenvalue weighted by atomic mass is 32.1. The first-order valence-electron chi connectivity index (χ1n) is 9.10. The van der Waals surface area contributed by atoms with E-state index in [1.807, 2.05) is 23.5 Å². The van der Waals surface area contributed by atoms with Crippen molar-refractivity contribution in [1.82, 2.24) is 15.6 Å². The number of thiophene rings is 1. The number of nitrogens with zero attached hydrogens (tertiary/aromatic N) is 3. The molecule has 0 radical (unpaired) electrons. The van der Waals surface area contributed by atoms with Crippen molar-refractivity contribution >= 4 is 22.3 Å². The minimum atomic E-state index is 0.455. The van der Waals surface area contributed by atoms with Gasteiger partial charge in [-0.25, -0.2) is 9.98 Å². The van der Waals surface area contributed by atoms with E-state index in [0.717, 1.165) is 44.0 Å². The smallest absolute Gasteiger partial charge is 0.213 e. The maximum Gasteiger partial charge on any atom is 0.213 e. The highest BCUT2D eigenvalue weighted by Crippen LogP contribution is 2.24. The molecule has 7 heteroatoms.